The molecule has 3 amide bonds. The molecule has 0 saturated carbocycles. The smallest absolute Gasteiger partial charge is 0.410 e. The molecular formula is C21H25FN2O5. The SMILES string of the molecule is C[C@@H]1CN(C(=O)OC(C)(C)C)C/C(=C(/F)CN2C(=O)c3ccccc3C2=O)CO1. The molecule has 0 aromatic heterocycles. The van der Waals surface area contributed by atoms with E-state index < -0.39 is 35.9 Å². The molecule has 0 unspecified atom stereocenters. The number of amides is 3. The number of hydrogen-bond donors (Lipinski definition) is 0. The average Bonchev–Trinajstić information content (AvgIpc) is 2.79. The number of rotatable bonds is 2. The molecule has 1 aromatic rings. The van der Waals surface area contributed by atoms with Crippen LogP contribution in [-0.4, -0.2) is 65.7 Å². The molecule has 0 aliphatic carbocycles. The normalized spacial score (nSPS) is 21.8. The Bertz CT molecular complexity index is 839. The lowest BCUT2D eigenvalue weighted by Crippen LogP contribution is -2.40. The van der Waals surface area contributed by atoms with E-state index in [1.54, 1.807) is 52.0 Å². The van der Waals surface area contributed by atoms with Crippen LogP contribution in [0.25, 0.3) is 0 Å². The summed E-state index contributed by atoms with van der Waals surface area (Å²) in [6.07, 6.45) is -0.881. The predicted octanol–water partition coefficient (Wildman–Crippen LogP) is 3.16. The number of hydrogen-bond acceptors (Lipinski definition) is 5. The molecule has 1 atom stereocenters. The summed E-state index contributed by atoms with van der Waals surface area (Å²) in [6.45, 7) is 6.72. The third-order valence-electron chi connectivity index (χ3n) is 4.61. The fourth-order valence-electron chi connectivity index (χ4n) is 3.21. The van der Waals surface area contributed by atoms with E-state index in [4.69, 9.17) is 9.47 Å². The zero-order valence-corrected chi connectivity index (χ0v) is 17.0. The average molecular weight is 404 g/mol. The molecule has 1 fully saturated rings. The van der Waals surface area contributed by atoms with Crippen LogP contribution in [0.15, 0.2) is 35.7 Å². The molecule has 7 nitrogen and oxygen atoms in total. The highest BCUT2D eigenvalue weighted by molar-refractivity contribution is 6.21. The van der Waals surface area contributed by atoms with Crippen LogP contribution >= 0.6 is 0 Å². The summed E-state index contributed by atoms with van der Waals surface area (Å²) < 4.78 is 26.0. The minimum Gasteiger partial charge on any atom is -0.444 e. The summed E-state index contributed by atoms with van der Waals surface area (Å²) in [5.41, 5.74) is 0.0420. The molecule has 29 heavy (non-hydrogen) atoms. The number of fused-ring (bicyclic) bond motifs is 1. The van der Waals surface area contributed by atoms with Crippen molar-refractivity contribution in [2.75, 3.05) is 26.2 Å². The lowest BCUT2D eigenvalue weighted by molar-refractivity contribution is 0.0171. The first-order valence-electron chi connectivity index (χ1n) is 9.48. The Balaban J connectivity index is 1.79. The third kappa shape index (κ3) is 4.64. The summed E-state index contributed by atoms with van der Waals surface area (Å²) in [5, 5.41) is 0. The van der Waals surface area contributed by atoms with Gasteiger partial charge in [-0.1, -0.05) is 12.1 Å². The van der Waals surface area contributed by atoms with Gasteiger partial charge < -0.3 is 14.4 Å². The maximum absolute atomic E-state index is 15.1. The van der Waals surface area contributed by atoms with E-state index in [-0.39, 0.29) is 42.5 Å². The fraction of sp³-hybridized carbons (Fsp3) is 0.476. The fourth-order valence-corrected chi connectivity index (χ4v) is 3.21. The lowest BCUT2D eigenvalue weighted by Gasteiger charge is -2.27. The summed E-state index contributed by atoms with van der Waals surface area (Å²) >= 11 is 0. The molecular weight excluding hydrogens is 379 g/mol. The molecule has 2 heterocycles. The van der Waals surface area contributed by atoms with Crippen molar-refractivity contribution in [2.24, 2.45) is 0 Å². The molecule has 0 bridgehead atoms. The van der Waals surface area contributed by atoms with Crippen LogP contribution in [0.5, 0.6) is 0 Å². The molecule has 8 heteroatoms. The molecule has 3 rings (SSSR count). The third-order valence-corrected chi connectivity index (χ3v) is 4.61. The van der Waals surface area contributed by atoms with Crippen molar-refractivity contribution >= 4 is 17.9 Å². The van der Waals surface area contributed by atoms with Crippen molar-refractivity contribution in [3.8, 4) is 0 Å². The van der Waals surface area contributed by atoms with Crippen molar-refractivity contribution in [2.45, 2.75) is 39.4 Å². The number of halogens is 1. The van der Waals surface area contributed by atoms with Gasteiger partial charge in [-0.25, -0.2) is 9.18 Å². The molecule has 1 saturated heterocycles. The Morgan fingerprint density at radius 1 is 1.21 bits per heavy atom. The van der Waals surface area contributed by atoms with Gasteiger partial charge in [0.1, 0.15) is 11.4 Å². The van der Waals surface area contributed by atoms with Crippen LogP contribution < -0.4 is 0 Å². The van der Waals surface area contributed by atoms with Gasteiger partial charge in [-0.05, 0) is 39.8 Å². The first-order chi connectivity index (χ1) is 13.6. The van der Waals surface area contributed by atoms with Crippen LogP contribution in [0, 0.1) is 0 Å². The Kier molecular flexibility index (Phi) is 5.75. The van der Waals surface area contributed by atoms with Gasteiger partial charge in [0.25, 0.3) is 11.8 Å². The summed E-state index contributed by atoms with van der Waals surface area (Å²) in [7, 11) is 0. The van der Waals surface area contributed by atoms with Crippen molar-refractivity contribution in [3.63, 3.8) is 0 Å². The number of nitrogens with zero attached hydrogens (tertiary/aromatic N) is 2. The summed E-state index contributed by atoms with van der Waals surface area (Å²) in [5.74, 6) is -1.73. The highest BCUT2D eigenvalue weighted by Crippen LogP contribution is 2.25. The predicted molar refractivity (Wildman–Crippen MR) is 103 cm³/mol. The summed E-state index contributed by atoms with van der Waals surface area (Å²) in [6, 6.07) is 6.39. The second-order valence-electron chi connectivity index (χ2n) is 8.23. The van der Waals surface area contributed by atoms with E-state index in [1.165, 1.54) is 4.90 Å². The first-order valence-corrected chi connectivity index (χ1v) is 9.48. The molecule has 2 aliphatic rings. The van der Waals surface area contributed by atoms with Crippen molar-refractivity contribution in [1.29, 1.82) is 0 Å². The van der Waals surface area contributed by atoms with Gasteiger partial charge in [-0.3, -0.25) is 14.5 Å². The zero-order valence-electron chi connectivity index (χ0n) is 17.0. The Labute approximate surface area is 169 Å². The van der Waals surface area contributed by atoms with E-state index >= 15 is 4.39 Å². The molecule has 0 radical (unpaired) electrons. The maximum Gasteiger partial charge on any atom is 0.410 e. The van der Waals surface area contributed by atoms with Gasteiger partial charge in [0.2, 0.25) is 0 Å². The molecule has 156 valence electrons. The molecule has 2 aliphatic heterocycles. The largest absolute Gasteiger partial charge is 0.444 e. The molecule has 0 N–H and O–H groups in total. The van der Waals surface area contributed by atoms with Gasteiger partial charge >= 0.3 is 6.09 Å². The number of ether oxygens (including phenoxy) is 2. The van der Waals surface area contributed by atoms with E-state index in [0.29, 0.717) is 0 Å². The Morgan fingerprint density at radius 3 is 2.34 bits per heavy atom. The molecule has 0 spiro atoms. The van der Waals surface area contributed by atoms with Gasteiger partial charge in [0.15, 0.2) is 0 Å². The van der Waals surface area contributed by atoms with E-state index in [9.17, 15) is 14.4 Å². The number of benzene rings is 1. The second-order valence-corrected chi connectivity index (χ2v) is 8.23. The van der Waals surface area contributed by atoms with Crippen molar-refractivity contribution in [3.05, 3.63) is 46.8 Å². The number of carbonyl (C=O) groups is 3. The monoisotopic (exact) mass is 404 g/mol. The van der Waals surface area contributed by atoms with Gasteiger partial charge in [-0.15, -0.1) is 0 Å². The number of carbonyl (C=O) groups excluding carboxylic acids is 3. The highest BCUT2D eigenvalue weighted by Gasteiger charge is 2.36. The topological polar surface area (TPSA) is 76.2 Å². The van der Waals surface area contributed by atoms with E-state index in [2.05, 4.69) is 0 Å². The van der Waals surface area contributed by atoms with Crippen LogP contribution in [0.1, 0.15) is 48.4 Å². The molecule has 1 aromatic carbocycles. The quantitative estimate of drug-likeness (QED) is 0.708. The minimum absolute atomic E-state index is 0.0323. The first kappa shape index (κ1) is 21.0. The van der Waals surface area contributed by atoms with Crippen LogP contribution in [-0.2, 0) is 9.47 Å². The van der Waals surface area contributed by atoms with E-state index in [0.717, 1.165) is 4.90 Å². The van der Waals surface area contributed by atoms with Crippen LogP contribution in [0.4, 0.5) is 9.18 Å². The van der Waals surface area contributed by atoms with Crippen molar-refractivity contribution in [1.82, 2.24) is 9.80 Å². The van der Waals surface area contributed by atoms with E-state index in [1.807, 2.05) is 0 Å². The van der Waals surface area contributed by atoms with Crippen LogP contribution in [0.2, 0.25) is 0 Å². The number of imide groups is 1. The van der Waals surface area contributed by atoms with Gasteiger partial charge in [0, 0.05) is 5.57 Å². The minimum atomic E-state index is -0.684. The zero-order chi connectivity index (χ0) is 21.3. The van der Waals surface area contributed by atoms with Gasteiger partial charge in [0.05, 0.1) is 43.5 Å². The standard InChI is InChI=1S/C21H25FN2O5/c1-13-9-23(20(27)29-21(2,3)4)10-14(12-28-13)17(22)11-24-18(25)15-7-5-6-8-16(15)19(24)26/h5-8,13H,9-12H2,1-4H3/b17-14-/t13-/m1/s1. The van der Waals surface area contributed by atoms with Crippen molar-refractivity contribution < 1.29 is 28.2 Å². The second kappa shape index (κ2) is 7.94. The summed E-state index contributed by atoms with van der Waals surface area (Å²) in [4.78, 5) is 39.7. The Hall–Kier alpha value is -2.74. The Morgan fingerprint density at radius 2 is 1.79 bits per heavy atom. The highest BCUT2D eigenvalue weighted by atomic mass is 19.1. The maximum atomic E-state index is 15.1. The van der Waals surface area contributed by atoms with Gasteiger partial charge in [-0.2, -0.15) is 0 Å². The lowest BCUT2D eigenvalue weighted by atomic mass is 10.1. The van der Waals surface area contributed by atoms with Crippen LogP contribution in [0.3, 0.4) is 0 Å².